The maximum Gasteiger partial charge on any atom is 0.328 e. The van der Waals surface area contributed by atoms with Gasteiger partial charge in [0.25, 0.3) is 0 Å². The van der Waals surface area contributed by atoms with Crippen molar-refractivity contribution in [3.8, 4) is 0 Å². The van der Waals surface area contributed by atoms with Crippen molar-refractivity contribution in [2.24, 2.45) is 5.11 Å². The number of ether oxygens (including phenoxy) is 1. The first-order valence-electron chi connectivity index (χ1n) is 8.76. The average molecular weight is 367 g/mol. The van der Waals surface area contributed by atoms with Gasteiger partial charge in [-0.25, -0.2) is 4.79 Å². The number of hydrogen-bond acceptors (Lipinski definition) is 5. The maximum absolute atomic E-state index is 12.6. The molecule has 8 nitrogen and oxygen atoms in total. The Hall–Kier alpha value is -3.09. The first-order chi connectivity index (χ1) is 13.1. The summed E-state index contributed by atoms with van der Waals surface area (Å²) in [5.41, 5.74) is 9.55. The van der Waals surface area contributed by atoms with Crippen molar-refractivity contribution in [1.82, 2.24) is 10.6 Å². The number of carbonyl (C=O) groups is 2. The molecule has 2 aromatic rings. The lowest BCUT2D eigenvalue weighted by Gasteiger charge is -2.21. The SMILES string of the molecule is COC(=O)[C@H](Cc1ccc2ccccc2c1)NC(=O)[C@H]1NCC[C@H]1N=[N+]=[N-]. The van der Waals surface area contributed by atoms with E-state index >= 15 is 0 Å². The molecule has 0 bridgehead atoms. The minimum absolute atomic E-state index is 0.308. The summed E-state index contributed by atoms with van der Waals surface area (Å²) in [6.45, 7) is 0.579. The quantitative estimate of drug-likeness (QED) is 0.352. The first-order valence-corrected chi connectivity index (χ1v) is 8.76. The Balaban J connectivity index is 1.76. The van der Waals surface area contributed by atoms with E-state index in [-0.39, 0.29) is 5.91 Å². The molecule has 0 spiro atoms. The normalized spacial score (nSPS) is 19.9. The monoisotopic (exact) mass is 367 g/mol. The molecule has 0 saturated carbocycles. The lowest BCUT2D eigenvalue weighted by Crippen LogP contribution is -2.52. The molecule has 140 valence electrons. The molecule has 0 radical (unpaired) electrons. The number of fused-ring (bicyclic) bond motifs is 1. The summed E-state index contributed by atoms with van der Waals surface area (Å²) < 4.78 is 4.85. The van der Waals surface area contributed by atoms with Crippen LogP contribution in [-0.2, 0) is 20.7 Å². The highest BCUT2D eigenvalue weighted by molar-refractivity contribution is 5.89. The molecule has 0 aliphatic carbocycles. The number of benzene rings is 2. The standard InChI is InChI=1S/C19H21N5O3/c1-27-19(26)16(22-18(25)17-15(23-24-20)8-9-21-17)11-12-6-7-13-4-2-3-5-14(13)10-12/h2-7,10,15-17,21H,8-9,11H2,1H3,(H,22,25)/t15-,16+,17+/m1/s1. The highest BCUT2D eigenvalue weighted by Gasteiger charge is 2.34. The minimum Gasteiger partial charge on any atom is -0.467 e. The number of carbonyl (C=O) groups excluding carboxylic acids is 2. The molecule has 2 aromatic carbocycles. The van der Waals surface area contributed by atoms with Crippen LogP contribution in [0.25, 0.3) is 21.2 Å². The summed E-state index contributed by atoms with van der Waals surface area (Å²) in [5.74, 6) is -0.893. The summed E-state index contributed by atoms with van der Waals surface area (Å²) in [6.07, 6.45) is 0.887. The smallest absolute Gasteiger partial charge is 0.328 e. The summed E-state index contributed by atoms with van der Waals surface area (Å²) in [6, 6.07) is 11.9. The molecule has 0 unspecified atom stereocenters. The second-order valence-electron chi connectivity index (χ2n) is 6.46. The van der Waals surface area contributed by atoms with Crippen LogP contribution in [0, 0.1) is 0 Å². The molecule has 1 amide bonds. The van der Waals surface area contributed by atoms with E-state index in [0.29, 0.717) is 19.4 Å². The third-order valence-electron chi connectivity index (χ3n) is 4.73. The Morgan fingerprint density at radius 3 is 2.85 bits per heavy atom. The van der Waals surface area contributed by atoms with Gasteiger partial charge in [0.05, 0.1) is 19.2 Å². The predicted molar refractivity (Wildman–Crippen MR) is 101 cm³/mol. The summed E-state index contributed by atoms with van der Waals surface area (Å²) in [4.78, 5) is 27.6. The first kappa shape index (κ1) is 18.7. The highest BCUT2D eigenvalue weighted by Crippen LogP contribution is 2.17. The van der Waals surface area contributed by atoms with E-state index in [1.165, 1.54) is 7.11 Å². The summed E-state index contributed by atoms with van der Waals surface area (Å²) in [5, 5.41) is 11.6. The number of methoxy groups -OCH3 is 1. The fourth-order valence-electron chi connectivity index (χ4n) is 3.35. The van der Waals surface area contributed by atoms with Crippen LogP contribution < -0.4 is 10.6 Å². The minimum atomic E-state index is -0.822. The van der Waals surface area contributed by atoms with E-state index in [4.69, 9.17) is 10.3 Å². The Morgan fingerprint density at radius 1 is 1.33 bits per heavy atom. The Bertz CT molecular complexity index is 894. The zero-order chi connectivity index (χ0) is 19.2. The van der Waals surface area contributed by atoms with Gasteiger partial charge < -0.3 is 15.4 Å². The maximum atomic E-state index is 12.6. The predicted octanol–water partition coefficient (Wildman–Crippen LogP) is 2.08. The van der Waals surface area contributed by atoms with Gasteiger partial charge in [0.2, 0.25) is 5.91 Å². The zero-order valence-electron chi connectivity index (χ0n) is 15.0. The summed E-state index contributed by atoms with van der Waals surface area (Å²) >= 11 is 0. The Kier molecular flexibility index (Phi) is 5.90. The topological polar surface area (TPSA) is 116 Å². The van der Waals surface area contributed by atoms with E-state index in [1.807, 2.05) is 42.5 Å². The number of esters is 1. The molecule has 3 atom stereocenters. The zero-order valence-corrected chi connectivity index (χ0v) is 15.0. The molecule has 27 heavy (non-hydrogen) atoms. The molecule has 0 aromatic heterocycles. The molecule has 1 heterocycles. The van der Waals surface area contributed by atoms with Crippen molar-refractivity contribution in [2.75, 3.05) is 13.7 Å². The van der Waals surface area contributed by atoms with Crippen molar-refractivity contribution >= 4 is 22.6 Å². The largest absolute Gasteiger partial charge is 0.467 e. The van der Waals surface area contributed by atoms with Crippen molar-refractivity contribution in [3.05, 3.63) is 58.5 Å². The second-order valence-corrected chi connectivity index (χ2v) is 6.46. The summed E-state index contributed by atoms with van der Waals surface area (Å²) in [7, 11) is 1.29. The van der Waals surface area contributed by atoms with E-state index in [9.17, 15) is 9.59 Å². The van der Waals surface area contributed by atoms with Crippen LogP contribution in [0.1, 0.15) is 12.0 Å². The highest BCUT2D eigenvalue weighted by atomic mass is 16.5. The molecule has 2 N–H and O–H groups in total. The van der Waals surface area contributed by atoms with Gasteiger partial charge in [-0.1, -0.05) is 47.6 Å². The third kappa shape index (κ3) is 4.36. The molecule has 1 saturated heterocycles. The van der Waals surface area contributed by atoms with Crippen molar-refractivity contribution < 1.29 is 14.3 Å². The van der Waals surface area contributed by atoms with Crippen LogP contribution in [0.3, 0.4) is 0 Å². The van der Waals surface area contributed by atoms with Crippen LogP contribution in [-0.4, -0.2) is 43.7 Å². The number of nitrogens with zero attached hydrogens (tertiary/aromatic N) is 3. The fourth-order valence-corrected chi connectivity index (χ4v) is 3.35. The van der Waals surface area contributed by atoms with E-state index in [1.54, 1.807) is 0 Å². The number of azide groups is 1. The Labute approximate surface area is 156 Å². The van der Waals surface area contributed by atoms with E-state index < -0.39 is 24.1 Å². The number of amides is 1. The van der Waals surface area contributed by atoms with Gasteiger partial charge >= 0.3 is 5.97 Å². The van der Waals surface area contributed by atoms with Gasteiger partial charge in [-0.05, 0) is 34.8 Å². The van der Waals surface area contributed by atoms with Crippen molar-refractivity contribution in [2.45, 2.75) is 31.0 Å². The molecular formula is C19H21N5O3. The number of hydrogen-bond donors (Lipinski definition) is 2. The van der Waals surface area contributed by atoms with Crippen LogP contribution in [0.15, 0.2) is 47.6 Å². The van der Waals surface area contributed by atoms with Crippen molar-refractivity contribution in [3.63, 3.8) is 0 Å². The van der Waals surface area contributed by atoms with Crippen LogP contribution in [0.4, 0.5) is 0 Å². The molecule has 8 heteroatoms. The third-order valence-corrected chi connectivity index (χ3v) is 4.73. The Morgan fingerprint density at radius 2 is 2.11 bits per heavy atom. The number of rotatable bonds is 6. The lowest BCUT2D eigenvalue weighted by atomic mass is 10.0. The van der Waals surface area contributed by atoms with Crippen molar-refractivity contribution in [1.29, 1.82) is 0 Å². The fraction of sp³-hybridized carbons (Fsp3) is 0.368. The van der Waals surface area contributed by atoms with Gasteiger partial charge in [0, 0.05) is 11.3 Å². The van der Waals surface area contributed by atoms with E-state index in [0.717, 1.165) is 16.3 Å². The second kappa shape index (κ2) is 8.53. The molecule has 1 fully saturated rings. The van der Waals surface area contributed by atoms with E-state index in [2.05, 4.69) is 20.7 Å². The van der Waals surface area contributed by atoms with Gasteiger partial charge in [0.1, 0.15) is 6.04 Å². The van der Waals surface area contributed by atoms with Gasteiger partial charge in [0.15, 0.2) is 0 Å². The number of nitrogens with one attached hydrogen (secondary N) is 2. The molecule has 3 rings (SSSR count). The van der Waals surface area contributed by atoms with Gasteiger partial charge in [-0.15, -0.1) is 0 Å². The molecular weight excluding hydrogens is 346 g/mol. The van der Waals surface area contributed by atoms with Gasteiger partial charge in [-0.2, -0.15) is 0 Å². The lowest BCUT2D eigenvalue weighted by molar-refractivity contribution is -0.145. The van der Waals surface area contributed by atoms with Gasteiger partial charge in [-0.3, -0.25) is 4.79 Å². The average Bonchev–Trinajstić information content (AvgIpc) is 3.15. The van der Waals surface area contributed by atoms with Crippen LogP contribution in [0.5, 0.6) is 0 Å². The molecule has 1 aliphatic rings. The molecule has 1 aliphatic heterocycles. The van der Waals surface area contributed by atoms with Crippen LogP contribution in [0.2, 0.25) is 0 Å². The van der Waals surface area contributed by atoms with Crippen LogP contribution >= 0.6 is 0 Å².